The van der Waals surface area contributed by atoms with Crippen LogP contribution >= 0.6 is 0 Å². The van der Waals surface area contributed by atoms with E-state index >= 15 is 0 Å². The van der Waals surface area contributed by atoms with Crippen molar-refractivity contribution in [2.45, 2.75) is 6.42 Å². The first-order chi connectivity index (χ1) is 10.3. The van der Waals surface area contributed by atoms with Crippen LogP contribution in [-0.2, 0) is 6.42 Å². The SMILES string of the molecule is CN(CCc1ccccc1)C(=O)c1cccc2cc[nH]c12. The van der Waals surface area contributed by atoms with Crippen molar-refractivity contribution in [1.29, 1.82) is 0 Å². The number of carbonyl (C=O) groups excluding carboxylic acids is 1. The normalized spacial score (nSPS) is 10.7. The quantitative estimate of drug-likeness (QED) is 0.779. The molecule has 1 N–H and O–H groups in total. The Kier molecular flexibility index (Phi) is 3.73. The zero-order valence-electron chi connectivity index (χ0n) is 12.0. The van der Waals surface area contributed by atoms with Gasteiger partial charge in [-0.25, -0.2) is 0 Å². The van der Waals surface area contributed by atoms with Gasteiger partial charge in [0.25, 0.3) is 5.91 Å². The van der Waals surface area contributed by atoms with Crippen molar-refractivity contribution < 1.29 is 4.79 Å². The van der Waals surface area contributed by atoms with Crippen LogP contribution in [0.15, 0.2) is 60.8 Å². The summed E-state index contributed by atoms with van der Waals surface area (Å²) in [4.78, 5) is 17.5. The number of hydrogen-bond donors (Lipinski definition) is 1. The number of rotatable bonds is 4. The van der Waals surface area contributed by atoms with Gasteiger partial charge in [0.1, 0.15) is 0 Å². The zero-order chi connectivity index (χ0) is 14.7. The van der Waals surface area contributed by atoms with Gasteiger partial charge in [-0.2, -0.15) is 0 Å². The molecule has 1 heterocycles. The Labute approximate surface area is 124 Å². The maximum Gasteiger partial charge on any atom is 0.255 e. The molecule has 106 valence electrons. The number of nitrogens with one attached hydrogen (secondary N) is 1. The molecule has 3 rings (SSSR count). The second-order valence-electron chi connectivity index (χ2n) is 5.21. The molecule has 0 unspecified atom stereocenters. The summed E-state index contributed by atoms with van der Waals surface area (Å²) >= 11 is 0. The molecular weight excluding hydrogens is 260 g/mol. The van der Waals surface area contributed by atoms with Gasteiger partial charge in [0.15, 0.2) is 0 Å². The van der Waals surface area contributed by atoms with Gasteiger partial charge < -0.3 is 9.88 Å². The van der Waals surface area contributed by atoms with Crippen LogP contribution in [-0.4, -0.2) is 29.4 Å². The topological polar surface area (TPSA) is 36.1 Å². The Morgan fingerprint density at radius 1 is 1.05 bits per heavy atom. The lowest BCUT2D eigenvalue weighted by molar-refractivity contribution is 0.0798. The average Bonchev–Trinajstić information content (AvgIpc) is 3.01. The van der Waals surface area contributed by atoms with E-state index in [4.69, 9.17) is 0 Å². The number of H-pyrrole nitrogens is 1. The summed E-state index contributed by atoms with van der Waals surface area (Å²) in [5.41, 5.74) is 2.89. The van der Waals surface area contributed by atoms with Gasteiger partial charge >= 0.3 is 0 Å². The van der Waals surface area contributed by atoms with Crippen LogP contribution in [0.5, 0.6) is 0 Å². The lowest BCUT2D eigenvalue weighted by Crippen LogP contribution is -2.29. The lowest BCUT2D eigenvalue weighted by Gasteiger charge is -2.17. The highest BCUT2D eigenvalue weighted by molar-refractivity contribution is 6.05. The fraction of sp³-hybridized carbons (Fsp3) is 0.167. The minimum Gasteiger partial charge on any atom is -0.361 e. The molecule has 0 saturated heterocycles. The molecule has 0 atom stereocenters. The first kappa shape index (κ1) is 13.4. The van der Waals surface area contributed by atoms with Crippen molar-refractivity contribution in [2.24, 2.45) is 0 Å². The Bertz CT molecular complexity index is 746. The highest BCUT2D eigenvalue weighted by Gasteiger charge is 2.14. The molecule has 1 amide bonds. The molecule has 3 heteroatoms. The molecule has 0 fully saturated rings. The summed E-state index contributed by atoms with van der Waals surface area (Å²) in [6.45, 7) is 0.708. The highest BCUT2D eigenvalue weighted by Crippen LogP contribution is 2.18. The first-order valence-electron chi connectivity index (χ1n) is 7.11. The highest BCUT2D eigenvalue weighted by atomic mass is 16.2. The third-order valence-corrected chi connectivity index (χ3v) is 3.74. The molecule has 0 bridgehead atoms. The third kappa shape index (κ3) is 2.82. The summed E-state index contributed by atoms with van der Waals surface area (Å²) in [5.74, 6) is 0.0546. The van der Waals surface area contributed by atoms with Crippen LogP contribution in [0.3, 0.4) is 0 Å². The second kappa shape index (κ2) is 5.83. The smallest absolute Gasteiger partial charge is 0.255 e. The number of para-hydroxylation sites is 1. The van der Waals surface area contributed by atoms with Crippen LogP contribution in [0.4, 0.5) is 0 Å². The van der Waals surface area contributed by atoms with Crippen molar-refractivity contribution in [3.63, 3.8) is 0 Å². The number of aromatic nitrogens is 1. The van der Waals surface area contributed by atoms with E-state index in [2.05, 4.69) is 17.1 Å². The summed E-state index contributed by atoms with van der Waals surface area (Å²) in [5, 5.41) is 1.07. The number of fused-ring (bicyclic) bond motifs is 1. The van der Waals surface area contributed by atoms with Crippen molar-refractivity contribution in [3.8, 4) is 0 Å². The minimum atomic E-state index is 0.0546. The Hall–Kier alpha value is -2.55. The van der Waals surface area contributed by atoms with Gasteiger partial charge in [0, 0.05) is 25.2 Å². The molecule has 3 aromatic rings. The van der Waals surface area contributed by atoms with Crippen molar-refractivity contribution >= 4 is 16.8 Å². The van der Waals surface area contributed by atoms with Crippen LogP contribution in [0.25, 0.3) is 10.9 Å². The fourth-order valence-corrected chi connectivity index (χ4v) is 2.51. The maximum absolute atomic E-state index is 12.6. The number of benzene rings is 2. The van der Waals surface area contributed by atoms with Gasteiger partial charge in [-0.3, -0.25) is 4.79 Å². The van der Waals surface area contributed by atoms with Crippen molar-refractivity contribution in [2.75, 3.05) is 13.6 Å². The Morgan fingerprint density at radius 2 is 1.86 bits per heavy atom. The van der Waals surface area contributed by atoms with E-state index in [9.17, 15) is 4.79 Å². The first-order valence-corrected chi connectivity index (χ1v) is 7.11. The molecule has 21 heavy (non-hydrogen) atoms. The van der Waals surface area contributed by atoms with Crippen molar-refractivity contribution in [1.82, 2.24) is 9.88 Å². The van der Waals surface area contributed by atoms with Crippen LogP contribution in [0.1, 0.15) is 15.9 Å². The van der Waals surface area contributed by atoms with Gasteiger partial charge in [0.2, 0.25) is 0 Å². The number of likely N-dealkylation sites (N-methyl/N-ethyl adjacent to an activating group) is 1. The molecule has 0 aliphatic heterocycles. The van der Waals surface area contributed by atoms with Gasteiger partial charge in [0.05, 0.1) is 11.1 Å². The molecule has 0 radical (unpaired) electrons. The lowest BCUT2D eigenvalue weighted by atomic mass is 10.1. The van der Waals surface area contributed by atoms with Gasteiger partial charge in [-0.15, -0.1) is 0 Å². The van der Waals surface area contributed by atoms with Gasteiger partial charge in [-0.05, 0) is 24.1 Å². The maximum atomic E-state index is 12.6. The average molecular weight is 278 g/mol. The Morgan fingerprint density at radius 3 is 2.67 bits per heavy atom. The van der Waals surface area contributed by atoms with E-state index in [1.807, 2.05) is 55.7 Å². The van der Waals surface area contributed by atoms with Crippen LogP contribution in [0.2, 0.25) is 0 Å². The number of nitrogens with zero attached hydrogens (tertiary/aromatic N) is 1. The van der Waals surface area contributed by atoms with E-state index in [0.29, 0.717) is 6.54 Å². The summed E-state index contributed by atoms with van der Waals surface area (Å²) < 4.78 is 0. The molecular formula is C18H18N2O. The van der Waals surface area contributed by atoms with E-state index in [0.717, 1.165) is 22.9 Å². The molecule has 0 aliphatic carbocycles. The Balaban J connectivity index is 1.74. The molecule has 0 spiro atoms. The van der Waals surface area contributed by atoms with Crippen LogP contribution < -0.4 is 0 Å². The zero-order valence-corrected chi connectivity index (χ0v) is 12.0. The number of amides is 1. The minimum absolute atomic E-state index is 0.0546. The molecule has 2 aromatic carbocycles. The third-order valence-electron chi connectivity index (χ3n) is 3.74. The van der Waals surface area contributed by atoms with E-state index in [1.54, 1.807) is 4.90 Å². The molecule has 3 nitrogen and oxygen atoms in total. The van der Waals surface area contributed by atoms with Crippen LogP contribution in [0, 0.1) is 0 Å². The standard InChI is InChI=1S/C18H18N2O/c1-20(13-11-14-6-3-2-4-7-14)18(21)16-9-5-8-15-10-12-19-17(15)16/h2-10,12,19H,11,13H2,1H3. The monoisotopic (exact) mass is 278 g/mol. The second-order valence-corrected chi connectivity index (χ2v) is 5.21. The molecule has 0 aliphatic rings. The number of carbonyl (C=O) groups is 1. The molecule has 0 saturated carbocycles. The van der Waals surface area contributed by atoms with Gasteiger partial charge in [-0.1, -0.05) is 42.5 Å². The van der Waals surface area contributed by atoms with E-state index < -0.39 is 0 Å². The van der Waals surface area contributed by atoms with E-state index in [-0.39, 0.29) is 5.91 Å². The largest absolute Gasteiger partial charge is 0.361 e. The predicted molar refractivity (Wildman–Crippen MR) is 85.4 cm³/mol. The molecule has 1 aromatic heterocycles. The summed E-state index contributed by atoms with van der Waals surface area (Å²) in [6, 6.07) is 18.0. The summed E-state index contributed by atoms with van der Waals surface area (Å²) in [7, 11) is 1.85. The number of aromatic amines is 1. The van der Waals surface area contributed by atoms with E-state index in [1.165, 1.54) is 5.56 Å². The summed E-state index contributed by atoms with van der Waals surface area (Å²) in [6.07, 6.45) is 2.73. The fourth-order valence-electron chi connectivity index (χ4n) is 2.51. The predicted octanol–water partition coefficient (Wildman–Crippen LogP) is 3.48. The van der Waals surface area contributed by atoms with Crippen molar-refractivity contribution in [3.05, 3.63) is 71.9 Å². The number of hydrogen-bond acceptors (Lipinski definition) is 1.